The Morgan fingerprint density at radius 3 is 2.12 bits per heavy atom. The quantitative estimate of drug-likeness (QED) is 0.683. The van der Waals surface area contributed by atoms with E-state index in [1.54, 1.807) is 0 Å². The van der Waals surface area contributed by atoms with Crippen molar-refractivity contribution in [1.82, 2.24) is 9.80 Å². The maximum absolute atomic E-state index is 9.12. The molecule has 96 valence electrons. The molecule has 0 aromatic rings. The number of likely N-dealkylation sites (N-methyl/N-ethyl adjacent to an activating group) is 1. The highest BCUT2D eigenvalue weighted by Crippen LogP contribution is 2.22. The molecule has 1 fully saturated rings. The fraction of sp³-hybridized carbons (Fsp3) is 1.00. The maximum atomic E-state index is 9.12. The van der Waals surface area contributed by atoms with Crippen molar-refractivity contribution in [3.8, 4) is 0 Å². The Balaban J connectivity index is 2.31. The molecule has 0 aromatic carbocycles. The maximum Gasteiger partial charge on any atom is 0.0558 e. The molecule has 0 bridgehead atoms. The van der Waals surface area contributed by atoms with Crippen molar-refractivity contribution < 1.29 is 5.11 Å². The van der Waals surface area contributed by atoms with E-state index in [4.69, 9.17) is 5.11 Å². The van der Waals surface area contributed by atoms with Gasteiger partial charge in [-0.3, -0.25) is 4.90 Å². The van der Waals surface area contributed by atoms with Gasteiger partial charge in [-0.1, -0.05) is 26.7 Å². The Morgan fingerprint density at radius 2 is 1.62 bits per heavy atom. The monoisotopic (exact) mass is 228 g/mol. The van der Waals surface area contributed by atoms with Crippen molar-refractivity contribution >= 4 is 0 Å². The molecule has 0 amide bonds. The summed E-state index contributed by atoms with van der Waals surface area (Å²) in [6.45, 7) is 10.1. The van der Waals surface area contributed by atoms with Gasteiger partial charge in [0.15, 0.2) is 0 Å². The Kier molecular flexibility index (Phi) is 7.01. The summed E-state index contributed by atoms with van der Waals surface area (Å²) in [5.41, 5.74) is 0. The van der Waals surface area contributed by atoms with Gasteiger partial charge in [-0.05, 0) is 25.9 Å². The van der Waals surface area contributed by atoms with E-state index in [-0.39, 0.29) is 0 Å². The molecule has 1 aliphatic rings. The second-order valence-corrected chi connectivity index (χ2v) is 4.72. The highest BCUT2D eigenvalue weighted by atomic mass is 16.3. The Bertz CT molecular complexity index is 165. The van der Waals surface area contributed by atoms with Crippen molar-refractivity contribution in [2.75, 3.05) is 39.3 Å². The van der Waals surface area contributed by atoms with Crippen LogP contribution in [0.2, 0.25) is 0 Å². The standard InChI is InChI=1S/C13H28N2O/c1-3-14(4-2)9-10-15(11-12-16)13-7-5-6-8-13/h13,16H,3-12H2,1-2H3. The summed E-state index contributed by atoms with van der Waals surface area (Å²) in [7, 11) is 0. The largest absolute Gasteiger partial charge is 0.395 e. The van der Waals surface area contributed by atoms with E-state index in [1.165, 1.54) is 25.7 Å². The summed E-state index contributed by atoms with van der Waals surface area (Å²) < 4.78 is 0. The van der Waals surface area contributed by atoms with Crippen LogP contribution < -0.4 is 0 Å². The smallest absolute Gasteiger partial charge is 0.0558 e. The number of aliphatic hydroxyl groups is 1. The van der Waals surface area contributed by atoms with Gasteiger partial charge < -0.3 is 10.0 Å². The summed E-state index contributed by atoms with van der Waals surface area (Å²) >= 11 is 0. The van der Waals surface area contributed by atoms with Crippen LogP contribution in [0, 0.1) is 0 Å². The van der Waals surface area contributed by atoms with E-state index in [2.05, 4.69) is 23.6 Å². The predicted octanol–water partition coefficient (Wildman–Crippen LogP) is 1.57. The van der Waals surface area contributed by atoms with Crippen LogP contribution in [0.4, 0.5) is 0 Å². The molecular weight excluding hydrogens is 200 g/mol. The molecule has 0 radical (unpaired) electrons. The highest BCUT2D eigenvalue weighted by molar-refractivity contribution is 4.78. The van der Waals surface area contributed by atoms with Crippen LogP contribution in [0.3, 0.4) is 0 Å². The third-order valence-electron chi connectivity index (χ3n) is 3.83. The summed E-state index contributed by atoms with van der Waals surface area (Å²) in [4.78, 5) is 4.95. The molecular formula is C13H28N2O. The van der Waals surface area contributed by atoms with Crippen molar-refractivity contribution in [3.63, 3.8) is 0 Å². The third-order valence-corrected chi connectivity index (χ3v) is 3.83. The summed E-state index contributed by atoms with van der Waals surface area (Å²) in [6.07, 6.45) is 5.41. The lowest BCUT2D eigenvalue weighted by Crippen LogP contribution is -2.41. The molecule has 16 heavy (non-hydrogen) atoms. The minimum atomic E-state index is 0.300. The zero-order chi connectivity index (χ0) is 11.8. The van der Waals surface area contributed by atoms with Gasteiger partial charge in [-0.2, -0.15) is 0 Å². The van der Waals surface area contributed by atoms with E-state index in [9.17, 15) is 0 Å². The Hall–Kier alpha value is -0.120. The fourth-order valence-electron chi connectivity index (χ4n) is 2.68. The van der Waals surface area contributed by atoms with E-state index >= 15 is 0 Å². The van der Waals surface area contributed by atoms with Gasteiger partial charge in [0.25, 0.3) is 0 Å². The summed E-state index contributed by atoms with van der Waals surface area (Å²) in [5, 5.41) is 9.12. The van der Waals surface area contributed by atoms with Gasteiger partial charge >= 0.3 is 0 Å². The van der Waals surface area contributed by atoms with Crippen LogP contribution in [-0.4, -0.2) is 60.3 Å². The minimum absolute atomic E-state index is 0.300. The molecule has 1 aliphatic carbocycles. The number of nitrogens with zero attached hydrogens (tertiary/aromatic N) is 2. The molecule has 3 nitrogen and oxygen atoms in total. The fourth-order valence-corrected chi connectivity index (χ4v) is 2.68. The first kappa shape index (κ1) is 13.9. The van der Waals surface area contributed by atoms with Crippen LogP contribution in [0.15, 0.2) is 0 Å². The zero-order valence-corrected chi connectivity index (χ0v) is 11.0. The van der Waals surface area contributed by atoms with Crippen molar-refractivity contribution in [2.45, 2.75) is 45.6 Å². The average molecular weight is 228 g/mol. The van der Waals surface area contributed by atoms with E-state index in [1.807, 2.05) is 0 Å². The lowest BCUT2D eigenvalue weighted by atomic mass is 10.2. The van der Waals surface area contributed by atoms with Crippen LogP contribution in [0.1, 0.15) is 39.5 Å². The van der Waals surface area contributed by atoms with Gasteiger partial charge in [0.1, 0.15) is 0 Å². The van der Waals surface area contributed by atoms with Crippen LogP contribution in [0.5, 0.6) is 0 Å². The van der Waals surface area contributed by atoms with Gasteiger partial charge in [0, 0.05) is 25.7 Å². The lowest BCUT2D eigenvalue weighted by molar-refractivity contribution is 0.133. The van der Waals surface area contributed by atoms with Crippen LogP contribution in [-0.2, 0) is 0 Å². The van der Waals surface area contributed by atoms with Crippen molar-refractivity contribution in [1.29, 1.82) is 0 Å². The topological polar surface area (TPSA) is 26.7 Å². The minimum Gasteiger partial charge on any atom is -0.395 e. The van der Waals surface area contributed by atoms with Gasteiger partial charge in [0.05, 0.1) is 6.61 Å². The molecule has 0 heterocycles. The van der Waals surface area contributed by atoms with Crippen LogP contribution in [0.25, 0.3) is 0 Å². The molecule has 1 rings (SSSR count). The van der Waals surface area contributed by atoms with Crippen molar-refractivity contribution in [2.24, 2.45) is 0 Å². The zero-order valence-electron chi connectivity index (χ0n) is 11.0. The SMILES string of the molecule is CCN(CC)CCN(CCO)C1CCCC1. The summed E-state index contributed by atoms with van der Waals surface area (Å²) in [5.74, 6) is 0. The third kappa shape index (κ3) is 4.40. The summed E-state index contributed by atoms with van der Waals surface area (Å²) in [6, 6.07) is 0.739. The predicted molar refractivity (Wildman–Crippen MR) is 68.7 cm³/mol. The average Bonchev–Trinajstić information content (AvgIpc) is 2.82. The molecule has 3 heteroatoms. The molecule has 1 N–H and O–H groups in total. The van der Waals surface area contributed by atoms with Gasteiger partial charge in [0.2, 0.25) is 0 Å². The molecule has 0 spiro atoms. The number of rotatable bonds is 8. The Labute approximate surface area is 100 Å². The molecule has 0 atom stereocenters. The lowest BCUT2D eigenvalue weighted by Gasteiger charge is -2.30. The first-order valence-corrected chi connectivity index (χ1v) is 6.89. The van der Waals surface area contributed by atoms with Crippen molar-refractivity contribution in [3.05, 3.63) is 0 Å². The molecule has 1 saturated carbocycles. The second kappa shape index (κ2) is 8.04. The molecule has 0 unspecified atom stereocenters. The number of aliphatic hydroxyl groups excluding tert-OH is 1. The number of hydrogen-bond donors (Lipinski definition) is 1. The number of hydrogen-bond acceptors (Lipinski definition) is 3. The normalized spacial score (nSPS) is 17.8. The Morgan fingerprint density at radius 1 is 1.00 bits per heavy atom. The molecule has 0 aliphatic heterocycles. The van der Waals surface area contributed by atoms with E-state index in [0.717, 1.165) is 38.8 Å². The van der Waals surface area contributed by atoms with Gasteiger partial charge in [-0.15, -0.1) is 0 Å². The highest BCUT2D eigenvalue weighted by Gasteiger charge is 2.21. The molecule has 0 saturated heterocycles. The van der Waals surface area contributed by atoms with E-state index < -0.39 is 0 Å². The van der Waals surface area contributed by atoms with Gasteiger partial charge in [-0.25, -0.2) is 0 Å². The van der Waals surface area contributed by atoms with Crippen LogP contribution >= 0.6 is 0 Å². The molecule has 0 aromatic heterocycles. The first-order valence-electron chi connectivity index (χ1n) is 6.89. The second-order valence-electron chi connectivity index (χ2n) is 4.72. The van der Waals surface area contributed by atoms with E-state index in [0.29, 0.717) is 6.61 Å². The first-order chi connectivity index (χ1) is 7.81.